The van der Waals surface area contributed by atoms with Gasteiger partial charge in [-0.1, -0.05) is 55.0 Å². The van der Waals surface area contributed by atoms with E-state index in [-0.39, 0.29) is 30.4 Å². The maximum atomic E-state index is 13.7. The van der Waals surface area contributed by atoms with Gasteiger partial charge in [-0.15, -0.1) is 11.3 Å². The summed E-state index contributed by atoms with van der Waals surface area (Å²) in [4.78, 5) is 32.0. The summed E-state index contributed by atoms with van der Waals surface area (Å²) < 4.78 is 0. The van der Waals surface area contributed by atoms with Gasteiger partial charge in [-0.05, 0) is 61.4 Å². The van der Waals surface area contributed by atoms with E-state index >= 15 is 0 Å². The maximum Gasteiger partial charge on any atom is 0.254 e. The van der Waals surface area contributed by atoms with E-state index in [0.29, 0.717) is 12.1 Å². The average Bonchev–Trinajstić information content (AvgIpc) is 3.31. The van der Waals surface area contributed by atoms with Crippen LogP contribution in [0.4, 0.5) is 0 Å². The number of hydrogen-bond acceptors (Lipinski definition) is 3. The van der Waals surface area contributed by atoms with Gasteiger partial charge in [-0.2, -0.15) is 0 Å². The van der Waals surface area contributed by atoms with Crippen molar-refractivity contribution in [1.82, 2.24) is 9.80 Å². The molecule has 4 nitrogen and oxygen atoms in total. The van der Waals surface area contributed by atoms with E-state index in [1.54, 1.807) is 16.2 Å². The van der Waals surface area contributed by atoms with Gasteiger partial charge in [0.1, 0.15) is 6.54 Å². The molecule has 0 fully saturated rings. The van der Waals surface area contributed by atoms with Gasteiger partial charge >= 0.3 is 0 Å². The summed E-state index contributed by atoms with van der Waals surface area (Å²) in [5, 5.41) is 2.11. The highest BCUT2D eigenvalue weighted by molar-refractivity contribution is 7.10. The van der Waals surface area contributed by atoms with Gasteiger partial charge in [0.15, 0.2) is 0 Å². The number of fused-ring (bicyclic) bond motifs is 1. The molecule has 2 unspecified atom stereocenters. The first kappa shape index (κ1) is 22.3. The Labute approximate surface area is 194 Å². The highest BCUT2D eigenvalue weighted by atomic mass is 32.1. The van der Waals surface area contributed by atoms with Crippen molar-refractivity contribution < 1.29 is 9.59 Å². The van der Waals surface area contributed by atoms with E-state index < -0.39 is 0 Å². The third-order valence-electron chi connectivity index (χ3n) is 6.39. The van der Waals surface area contributed by atoms with Gasteiger partial charge in [0, 0.05) is 23.0 Å². The molecule has 5 heteroatoms. The van der Waals surface area contributed by atoms with E-state index in [0.717, 1.165) is 24.0 Å². The number of hydrogen-bond donors (Lipinski definition) is 0. The van der Waals surface area contributed by atoms with Crippen molar-refractivity contribution in [2.75, 3.05) is 13.1 Å². The number of thiophene rings is 1. The lowest BCUT2D eigenvalue weighted by atomic mass is 9.93. The average molecular weight is 447 g/mol. The number of carbonyl (C=O) groups is 2. The Hall–Kier alpha value is -2.92. The highest BCUT2D eigenvalue weighted by Gasteiger charge is 2.34. The molecule has 166 valence electrons. The Morgan fingerprint density at radius 1 is 1.09 bits per heavy atom. The predicted octanol–water partition coefficient (Wildman–Crippen LogP) is 5.47. The molecule has 0 radical (unpaired) electrons. The van der Waals surface area contributed by atoms with Crippen LogP contribution in [0.1, 0.15) is 58.2 Å². The molecule has 0 saturated heterocycles. The summed E-state index contributed by atoms with van der Waals surface area (Å²) in [6.45, 7) is 6.82. The molecule has 1 aliphatic heterocycles. The van der Waals surface area contributed by atoms with Gasteiger partial charge in [-0.3, -0.25) is 9.59 Å². The Balaban J connectivity index is 1.62. The molecule has 1 aromatic heterocycles. The summed E-state index contributed by atoms with van der Waals surface area (Å²) in [5.41, 5.74) is 4.06. The summed E-state index contributed by atoms with van der Waals surface area (Å²) in [6, 6.07) is 19.8. The maximum absolute atomic E-state index is 13.7. The van der Waals surface area contributed by atoms with Gasteiger partial charge < -0.3 is 9.80 Å². The van der Waals surface area contributed by atoms with Crippen LogP contribution in [0.3, 0.4) is 0 Å². The van der Waals surface area contributed by atoms with Crippen molar-refractivity contribution in [1.29, 1.82) is 0 Å². The van der Waals surface area contributed by atoms with E-state index in [9.17, 15) is 9.59 Å². The molecule has 0 saturated carbocycles. The summed E-state index contributed by atoms with van der Waals surface area (Å²) in [7, 11) is 0. The van der Waals surface area contributed by atoms with E-state index in [2.05, 4.69) is 30.5 Å². The van der Waals surface area contributed by atoms with Crippen molar-refractivity contribution in [3.63, 3.8) is 0 Å². The molecular weight excluding hydrogens is 416 g/mol. The Morgan fingerprint density at radius 3 is 2.50 bits per heavy atom. The minimum absolute atomic E-state index is 0.00327. The van der Waals surface area contributed by atoms with Crippen molar-refractivity contribution in [3.05, 3.63) is 93.2 Å². The zero-order valence-electron chi connectivity index (χ0n) is 19.0. The van der Waals surface area contributed by atoms with Crippen LogP contribution in [0, 0.1) is 6.92 Å². The summed E-state index contributed by atoms with van der Waals surface area (Å²) >= 11 is 1.76. The minimum atomic E-state index is -0.105. The topological polar surface area (TPSA) is 40.6 Å². The molecule has 1 aliphatic rings. The molecule has 2 aromatic carbocycles. The molecule has 2 amide bonds. The molecule has 0 aliphatic carbocycles. The quantitative estimate of drug-likeness (QED) is 0.504. The fourth-order valence-electron chi connectivity index (χ4n) is 4.33. The molecule has 0 N–H and O–H groups in total. The lowest BCUT2D eigenvalue weighted by Crippen LogP contribution is -2.49. The molecule has 0 spiro atoms. The van der Waals surface area contributed by atoms with Gasteiger partial charge in [-0.25, -0.2) is 0 Å². The Bertz CT molecular complexity index is 1070. The minimum Gasteiger partial charge on any atom is -0.330 e. The van der Waals surface area contributed by atoms with E-state index in [4.69, 9.17) is 0 Å². The van der Waals surface area contributed by atoms with Crippen LogP contribution in [0.25, 0.3) is 0 Å². The van der Waals surface area contributed by atoms with Crippen LogP contribution in [0.2, 0.25) is 0 Å². The van der Waals surface area contributed by atoms with Crippen molar-refractivity contribution in [2.24, 2.45) is 0 Å². The van der Waals surface area contributed by atoms with Gasteiger partial charge in [0.25, 0.3) is 5.91 Å². The fraction of sp³-hybridized carbons (Fsp3) is 0.333. The number of rotatable bonds is 6. The second-order valence-corrected chi connectivity index (χ2v) is 9.51. The highest BCUT2D eigenvalue weighted by Crippen LogP contribution is 2.37. The number of benzene rings is 2. The molecule has 4 rings (SSSR count). The first-order valence-electron chi connectivity index (χ1n) is 11.3. The zero-order chi connectivity index (χ0) is 22.7. The van der Waals surface area contributed by atoms with Crippen LogP contribution >= 0.6 is 11.3 Å². The first-order chi connectivity index (χ1) is 15.5. The van der Waals surface area contributed by atoms with E-state index in [1.165, 1.54) is 10.4 Å². The van der Waals surface area contributed by atoms with Crippen LogP contribution in [-0.4, -0.2) is 40.7 Å². The molecule has 32 heavy (non-hydrogen) atoms. The predicted molar refractivity (Wildman–Crippen MR) is 130 cm³/mol. The molecular formula is C27H30N2O2S. The standard InChI is InChI=1S/C27H30N2O2S/c1-4-20(3)29(27(31)22-12-10-19(2)11-13-22)18-25(30)28-16-14-24-23(15-17-32-24)26(28)21-8-6-5-7-9-21/h5-13,15,17,20,26H,4,14,16,18H2,1-3H3. The van der Waals surface area contributed by atoms with Gasteiger partial charge in [0.05, 0.1) is 6.04 Å². The van der Waals surface area contributed by atoms with Crippen LogP contribution in [0.5, 0.6) is 0 Å². The largest absolute Gasteiger partial charge is 0.330 e. The first-order valence-corrected chi connectivity index (χ1v) is 12.2. The Morgan fingerprint density at radius 2 is 1.81 bits per heavy atom. The number of nitrogens with zero attached hydrogens (tertiary/aromatic N) is 2. The lowest BCUT2D eigenvalue weighted by molar-refractivity contribution is -0.134. The van der Waals surface area contributed by atoms with Crippen molar-refractivity contribution in [2.45, 2.75) is 45.7 Å². The van der Waals surface area contributed by atoms with Crippen molar-refractivity contribution in [3.8, 4) is 0 Å². The third kappa shape index (κ3) is 4.49. The summed E-state index contributed by atoms with van der Waals surface area (Å²) in [6.07, 6.45) is 1.65. The third-order valence-corrected chi connectivity index (χ3v) is 7.39. The number of carbonyl (C=O) groups excluding carboxylic acids is 2. The zero-order valence-corrected chi connectivity index (χ0v) is 19.8. The van der Waals surface area contributed by atoms with E-state index in [1.807, 2.05) is 61.2 Å². The van der Waals surface area contributed by atoms with Crippen LogP contribution in [-0.2, 0) is 11.2 Å². The molecule has 2 atom stereocenters. The van der Waals surface area contributed by atoms with Crippen molar-refractivity contribution >= 4 is 23.2 Å². The normalized spacial score (nSPS) is 16.3. The summed E-state index contributed by atoms with van der Waals surface area (Å²) in [5.74, 6) is -0.0892. The molecule has 3 aromatic rings. The van der Waals surface area contributed by atoms with Gasteiger partial charge in [0.2, 0.25) is 5.91 Å². The fourth-order valence-corrected chi connectivity index (χ4v) is 5.23. The molecule has 0 bridgehead atoms. The monoisotopic (exact) mass is 446 g/mol. The SMILES string of the molecule is CCC(C)N(CC(=O)N1CCc2sccc2C1c1ccccc1)C(=O)c1ccc(C)cc1. The molecule has 2 heterocycles. The number of aryl methyl sites for hydroxylation is 1. The smallest absolute Gasteiger partial charge is 0.254 e. The second kappa shape index (κ2) is 9.70. The lowest BCUT2D eigenvalue weighted by Gasteiger charge is -2.38. The van der Waals surface area contributed by atoms with Crippen LogP contribution in [0.15, 0.2) is 66.0 Å². The number of amides is 2. The second-order valence-electron chi connectivity index (χ2n) is 8.51. The van der Waals surface area contributed by atoms with Crippen LogP contribution < -0.4 is 0 Å². The Kier molecular flexibility index (Phi) is 6.75.